The molecular formula is C6H11N5O. The molecule has 66 valence electrons. The summed E-state index contributed by atoms with van der Waals surface area (Å²) in [5.41, 5.74) is 10.5. The SMILES string of the molecule is CC(C(N)C(N)=O)n1cncn1. The van der Waals surface area contributed by atoms with Crippen molar-refractivity contribution in [3.05, 3.63) is 12.7 Å². The molecule has 6 heteroatoms. The highest BCUT2D eigenvalue weighted by molar-refractivity contribution is 5.80. The Hall–Kier alpha value is -1.43. The van der Waals surface area contributed by atoms with Crippen LogP contribution in [0.1, 0.15) is 13.0 Å². The van der Waals surface area contributed by atoms with Crippen molar-refractivity contribution in [2.24, 2.45) is 11.5 Å². The fourth-order valence-electron chi connectivity index (χ4n) is 0.830. The molecule has 0 aromatic carbocycles. The van der Waals surface area contributed by atoms with Gasteiger partial charge in [0.2, 0.25) is 5.91 Å². The van der Waals surface area contributed by atoms with Crippen LogP contribution in [0.25, 0.3) is 0 Å². The molecule has 0 aliphatic rings. The zero-order chi connectivity index (χ0) is 9.14. The molecule has 2 atom stereocenters. The van der Waals surface area contributed by atoms with Crippen molar-refractivity contribution in [1.29, 1.82) is 0 Å². The van der Waals surface area contributed by atoms with E-state index in [1.165, 1.54) is 17.3 Å². The molecule has 1 rings (SSSR count). The van der Waals surface area contributed by atoms with Crippen molar-refractivity contribution in [1.82, 2.24) is 14.8 Å². The van der Waals surface area contributed by atoms with E-state index in [1.54, 1.807) is 6.92 Å². The number of carbonyl (C=O) groups is 1. The van der Waals surface area contributed by atoms with Gasteiger partial charge < -0.3 is 11.5 Å². The van der Waals surface area contributed by atoms with Crippen LogP contribution in [0.5, 0.6) is 0 Å². The summed E-state index contributed by atoms with van der Waals surface area (Å²) in [4.78, 5) is 14.4. The van der Waals surface area contributed by atoms with E-state index in [0.29, 0.717) is 0 Å². The number of aromatic nitrogens is 3. The molecule has 0 aliphatic heterocycles. The average molecular weight is 169 g/mol. The number of carbonyl (C=O) groups excluding carboxylic acids is 1. The fourth-order valence-corrected chi connectivity index (χ4v) is 0.830. The van der Waals surface area contributed by atoms with E-state index in [0.717, 1.165) is 0 Å². The van der Waals surface area contributed by atoms with Crippen molar-refractivity contribution in [3.8, 4) is 0 Å². The lowest BCUT2D eigenvalue weighted by Crippen LogP contribution is -2.42. The van der Waals surface area contributed by atoms with E-state index in [9.17, 15) is 4.79 Å². The molecule has 12 heavy (non-hydrogen) atoms. The molecule has 2 unspecified atom stereocenters. The van der Waals surface area contributed by atoms with Crippen LogP contribution in [0.3, 0.4) is 0 Å². The highest BCUT2D eigenvalue weighted by atomic mass is 16.1. The van der Waals surface area contributed by atoms with Crippen molar-refractivity contribution in [2.45, 2.75) is 19.0 Å². The summed E-state index contributed by atoms with van der Waals surface area (Å²) >= 11 is 0. The Morgan fingerprint density at radius 1 is 1.67 bits per heavy atom. The maximum Gasteiger partial charge on any atom is 0.236 e. The Morgan fingerprint density at radius 2 is 2.33 bits per heavy atom. The number of amides is 1. The second-order valence-corrected chi connectivity index (χ2v) is 2.54. The van der Waals surface area contributed by atoms with Gasteiger partial charge in [-0.2, -0.15) is 5.10 Å². The molecule has 1 aromatic heterocycles. The summed E-state index contributed by atoms with van der Waals surface area (Å²) in [7, 11) is 0. The normalized spacial score (nSPS) is 15.5. The number of rotatable bonds is 3. The van der Waals surface area contributed by atoms with Crippen molar-refractivity contribution >= 4 is 5.91 Å². The van der Waals surface area contributed by atoms with Gasteiger partial charge in [-0.1, -0.05) is 0 Å². The molecule has 0 saturated carbocycles. The first-order chi connectivity index (χ1) is 5.63. The van der Waals surface area contributed by atoms with Crippen molar-refractivity contribution < 1.29 is 4.79 Å². The van der Waals surface area contributed by atoms with E-state index in [2.05, 4.69) is 10.1 Å². The van der Waals surface area contributed by atoms with E-state index < -0.39 is 11.9 Å². The highest BCUT2D eigenvalue weighted by Gasteiger charge is 2.19. The predicted octanol–water partition coefficient (Wildman–Crippen LogP) is -1.35. The van der Waals surface area contributed by atoms with Crippen molar-refractivity contribution in [2.75, 3.05) is 0 Å². The van der Waals surface area contributed by atoms with Gasteiger partial charge in [0, 0.05) is 0 Å². The number of hydrogen-bond acceptors (Lipinski definition) is 4. The standard InChI is InChI=1S/C6H11N5O/c1-4(5(7)6(8)12)11-3-9-2-10-11/h2-5H,7H2,1H3,(H2,8,12). The third kappa shape index (κ3) is 1.59. The summed E-state index contributed by atoms with van der Waals surface area (Å²) in [6.07, 6.45) is 2.87. The maximum atomic E-state index is 10.7. The molecule has 0 saturated heterocycles. The monoisotopic (exact) mass is 169 g/mol. The van der Waals surface area contributed by atoms with Gasteiger partial charge in [0.15, 0.2) is 0 Å². The van der Waals surface area contributed by atoms with Crippen LogP contribution >= 0.6 is 0 Å². The Balaban J connectivity index is 2.71. The molecule has 6 nitrogen and oxygen atoms in total. The highest BCUT2D eigenvalue weighted by Crippen LogP contribution is 2.05. The van der Waals surface area contributed by atoms with E-state index in [-0.39, 0.29) is 6.04 Å². The second kappa shape index (κ2) is 3.31. The zero-order valence-electron chi connectivity index (χ0n) is 6.71. The molecular weight excluding hydrogens is 158 g/mol. The Bertz CT molecular complexity index is 257. The lowest BCUT2D eigenvalue weighted by atomic mass is 10.1. The number of nitrogens with two attached hydrogens (primary N) is 2. The van der Waals surface area contributed by atoms with Crippen molar-refractivity contribution in [3.63, 3.8) is 0 Å². The van der Waals surface area contributed by atoms with Crippen LogP contribution in [0.15, 0.2) is 12.7 Å². The minimum absolute atomic E-state index is 0.259. The molecule has 0 bridgehead atoms. The van der Waals surface area contributed by atoms with Crippen LogP contribution in [-0.4, -0.2) is 26.7 Å². The molecule has 1 heterocycles. The van der Waals surface area contributed by atoms with Crippen LogP contribution < -0.4 is 11.5 Å². The molecule has 0 spiro atoms. The van der Waals surface area contributed by atoms with Gasteiger partial charge >= 0.3 is 0 Å². The van der Waals surface area contributed by atoms with Gasteiger partial charge in [-0.3, -0.25) is 4.79 Å². The molecule has 0 radical (unpaired) electrons. The van der Waals surface area contributed by atoms with Gasteiger partial charge in [0.05, 0.1) is 6.04 Å². The molecule has 1 aromatic rings. The Kier molecular flexibility index (Phi) is 2.39. The first kappa shape index (κ1) is 8.66. The third-order valence-corrected chi connectivity index (χ3v) is 1.70. The molecule has 0 aliphatic carbocycles. The first-order valence-corrected chi connectivity index (χ1v) is 3.52. The third-order valence-electron chi connectivity index (χ3n) is 1.70. The van der Waals surface area contributed by atoms with Crippen LogP contribution in [0, 0.1) is 0 Å². The lowest BCUT2D eigenvalue weighted by Gasteiger charge is -2.15. The van der Waals surface area contributed by atoms with Crippen LogP contribution in [0.2, 0.25) is 0 Å². The lowest BCUT2D eigenvalue weighted by molar-refractivity contribution is -0.120. The minimum atomic E-state index is -0.730. The summed E-state index contributed by atoms with van der Waals surface area (Å²) in [5.74, 6) is -0.544. The number of hydrogen-bond donors (Lipinski definition) is 2. The smallest absolute Gasteiger partial charge is 0.236 e. The molecule has 1 amide bonds. The topological polar surface area (TPSA) is 99.8 Å². The van der Waals surface area contributed by atoms with E-state index in [4.69, 9.17) is 11.5 Å². The quantitative estimate of drug-likeness (QED) is 0.584. The number of primary amides is 1. The summed E-state index contributed by atoms with van der Waals surface area (Å²) in [5, 5.41) is 3.84. The predicted molar refractivity (Wildman–Crippen MR) is 41.9 cm³/mol. The Morgan fingerprint density at radius 3 is 2.75 bits per heavy atom. The molecule has 0 fully saturated rings. The summed E-state index contributed by atoms with van der Waals surface area (Å²) in [6.45, 7) is 1.75. The van der Waals surface area contributed by atoms with Gasteiger partial charge in [0.25, 0.3) is 0 Å². The second-order valence-electron chi connectivity index (χ2n) is 2.54. The van der Waals surface area contributed by atoms with Crippen LogP contribution in [-0.2, 0) is 4.79 Å². The van der Waals surface area contributed by atoms with E-state index in [1.807, 2.05) is 0 Å². The summed E-state index contributed by atoms with van der Waals surface area (Å²) in [6, 6.07) is -0.989. The van der Waals surface area contributed by atoms with E-state index >= 15 is 0 Å². The Labute approximate surface area is 69.6 Å². The van der Waals surface area contributed by atoms with Gasteiger partial charge in [-0.25, -0.2) is 9.67 Å². The summed E-state index contributed by atoms with van der Waals surface area (Å²) < 4.78 is 1.50. The van der Waals surface area contributed by atoms with Gasteiger partial charge in [-0.15, -0.1) is 0 Å². The largest absolute Gasteiger partial charge is 0.368 e. The average Bonchev–Trinajstić information content (AvgIpc) is 2.53. The fraction of sp³-hybridized carbons (Fsp3) is 0.500. The van der Waals surface area contributed by atoms with Gasteiger partial charge in [0.1, 0.15) is 18.7 Å². The first-order valence-electron chi connectivity index (χ1n) is 3.52. The number of nitrogens with zero attached hydrogens (tertiary/aromatic N) is 3. The zero-order valence-corrected chi connectivity index (χ0v) is 6.71. The van der Waals surface area contributed by atoms with Gasteiger partial charge in [-0.05, 0) is 6.92 Å². The molecule has 4 N–H and O–H groups in total. The maximum absolute atomic E-state index is 10.7. The minimum Gasteiger partial charge on any atom is -0.368 e. The van der Waals surface area contributed by atoms with Crippen LogP contribution in [0.4, 0.5) is 0 Å².